The van der Waals surface area contributed by atoms with E-state index in [0.29, 0.717) is 0 Å². The lowest BCUT2D eigenvalue weighted by molar-refractivity contribution is 1.18. The third-order valence-corrected chi connectivity index (χ3v) is 3.03. The number of fused-ring (bicyclic) bond motifs is 1. The van der Waals surface area contributed by atoms with Crippen molar-refractivity contribution in [2.45, 2.75) is 27.7 Å². The van der Waals surface area contributed by atoms with E-state index in [0.717, 1.165) is 27.6 Å². The van der Waals surface area contributed by atoms with Gasteiger partial charge in [-0.05, 0) is 44.9 Å². The van der Waals surface area contributed by atoms with Gasteiger partial charge in [-0.2, -0.15) is 0 Å². The Morgan fingerprint density at radius 1 is 1.00 bits per heavy atom. The van der Waals surface area contributed by atoms with Crippen molar-refractivity contribution in [1.29, 1.82) is 0 Å². The number of pyridine rings is 1. The number of aromatic amines is 1. The van der Waals surface area contributed by atoms with Gasteiger partial charge in [-0.15, -0.1) is 0 Å². The molecule has 2 heteroatoms. The van der Waals surface area contributed by atoms with Gasteiger partial charge in [0.2, 0.25) is 0 Å². The van der Waals surface area contributed by atoms with Gasteiger partial charge in [-0.1, -0.05) is 11.6 Å². The van der Waals surface area contributed by atoms with Crippen molar-refractivity contribution >= 4 is 10.9 Å². The average Bonchev–Trinajstić information content (AvgIpc) is 2.17. The molecule has 2 aromatic rings. The van der Waals surface area contributed by atoms with Crippen LogP contribution in [0.1, 0.15) is 22.3 Å². The van der Waals surface area contributed by atoms with Gasteiger partial charge in [-0.25, -0.2) is 0 Å². The summed E-state index contributed by atoms with van der Waals surface area (Å²) in [5.41, 5.74) is 5.24. The van der Waals surface area contributed by atoms with Crippen molar-refractivity contribution in [1.82, 2.24) is 4.98 Å². The van der Waals surface area contributed by atoms with Crippen molar-refractivity contribution in [2.75, 3.05) is 0 Å². The van der Waals surface area contributed by atoms with Crippen molar-refractivity contribution in [3.8, 4) is 0 Å². The maximum atomic E-state index is 11.6. The molecule has 1 aromatic carbocycles. The summed E-state index contributed by atoms with van der Waals surface area (Å²) < 4.78 is 0. The molecule has 78 valence electrons. The number of rotatable bonds is 0. The fraction of sp³-hybridized carbons (Fsp3) is 0.308. The number of H-pyrrole nitrogens is 1. The maximum Gasteiger partial charge on any atom is 0.251 e. The van der Waals surface area contributed by atoms with Crippen LogP contribution < -0.4 is 5.56 Å². The van der Waals surface area contributed by atoms with Crippen LogP contribution in [-0.2, 0) is 0 Å². The van der Waals surface area contributed by atoms with Gasteiger partial charge in [0.15, 0.2) is 0 Å². The monoisotopic (exact) mass is 201 g/mol. The number of benzene rings is 1. The molecule has 0 unspecified atom stereocenters. The number of hydrogen-bond donors (Lipinski definition) is 1. The Kier molecular flexibility index (Phi) is 2.14. The second-order valence-corrected chi connectivity index (χ2v) is 4.21. The summed E-state index contributed by atoms with van der Waals surface area (Å²) in [4.78, 5) is 14.6. The molecule has 0 fully saturated rings. The van der Waals surface area contributed by atoms with Crippen LogP contribution in [0.5, 0.6) is 0 Å². The van der Waals surface area contributed by atoms with Crippen LogP contribution >= 0.6 is 0 Å². The number of aromatic nitrogens is 1. The van der Waals surface area contributed by atoms with Crippen LogP contribution in [0.3, 0.4) is 0 Å². The Balaban J connectivity index is 3.05. The summed E-state index contributed by atoms with van der Waals surface area (Å²) in [6, 6.07) is 4.22. The van der Waals surface area contributed by atoms with E-state index >= 15 is 0 Å². The normalized spacial score (nSPS) is 10.9. The first-order valence-electron chi connectivity index (χ1n) is 5.11. The molecule has 15 heavy (non-hydrogen) atoms. The molecule has 0 bridgehead atoms. The third kappa shape index (κ3) is 1.46. The van der Waals surface area contributed by atoms with E-state index in [1.807, 2.05) is 20.8 Å². The van der Waals surface area contributed by atoms with E-state index in [4.69, 9.17) is 0 Å². The van der Waals surface area contributed by atoms with Gasteiger partial charge >= 0.3 is 0 Å². The first-order chi connectivity index (χ1) is 7.00. The second-order valence-electron chi connectivity index (χ2n) is 4.21. The Morgan fingerprint density at radius 2 is 1.67 bits per heavy atom. The van der Waals surface area contributed by atoms with Crippen molar-refractivity contribution in [3.63, 3.8) is 0 Å². The van der Waals surface area contributed by atoms with E-state index in [9.17, 15) is 4.79 Å². The number of aryl methyl sites for hydroxylation is 3. The summed E-state index contributed by atoms with van der Waals surface area (Å²) in [7, 11) is 0. The predicted octanol–water partition coefficient (Wildman–Crippen LogP) is 2.76. The van der Waals surface area contributed by atoms with Gasteiger partial charge in [0.05, 0.1) is 5.52 Å². The molecule has 0 atom stereocenters. The largest absolute Gasteiger partial charge is 0.321 e. The summed E-state index contributed by atoms with van der Waals surface area (Å²) in [6.07, 6.45) is 0. The molecule has 0 saturated heterocycles. The predicted molar refractivity (Wildman–Crippen MR) is 63.5 cm³/mol. The summed E-state index contributed by atoms with van der Waals surface area (Å²) in [6.45, 7) is 7.98. The van der Waals surface area contributed by atoms with Gasteiger partial charge in [0.25, 0.3) is 5.56 Å². The van der Waals surface area contributed by atoms with Gasteiger partial charge in [0, 0.05) is 10.9 Å². The second kappa shape index (κ2) is 3.23. The molecular weight excluding hydrogens is 186 g/mol. The SMILES string of the molecule is Cc1cc(C)c2[nH]c(=O)c(C)c(C)c2c1. The molecule has 0 saturated carbocycles. The van der Waals surface area contributed by atoms with Crippen molar-refractivity contribution < 1.29 is 0 Å². The summed E-state index contributed by atoms with van der Waals surface area (Å²) in [5.74, 6) is 0. The van der Waals surface area contributed by atoms with E-state index < -0.39 is 0 Å². The molecule has 1 aromatic heterocycles. The van der Waals surface area contributed by atoms with Crippen LogP contribution in [0.15, 0.2) is 16.9 Å². The topological polar surface area (TPSA) is 32.9 Å². The Labute approximate surface area is 89.0 Å². The van der Waals surface area contributed by atoms with Crippen LogP contribution in [0.2, 0.25) is 0 Å². The highest BCUT2D eigenvalue weighted by atomic mass is 16.1. The van der Waals surface area contributed by atoms with Crippen LogP contribution in [0, 0.1) is 27.7 Å². The van der Waals surface area contributed by atoms with Gasteiger partial charge in [0.1, 0.15) is 0 Å². The lowest BCUT2D eigenvalue weighted by atomic mass is 10.0. The zero-order chi connectivity index (χ0) is 11.2. The minimum absolute atomic E-state index is 0.0203. The Morgan fingerprint density at radius 3 is 2.33 bits per heavy atom. The van der Waals surface area contributed by atoms with Gasteiger partial charge < -0.3 is 4.98 Å². The Hall–Kier alpha value is -1.57. The van der Waals surface area contributed by atoms with Crippen LogP contribution in [0.4, 0.5) is 0 Å². The molecular formula is C13H15NO. The van der Waals surface area contributed by atoms with E-state index in [2.05, 4.69) is 24.0 Å². The quantitative estimate of drug-likeness (QED) is 0.698. The number of hydrogen-bond acceptors (Lipinski definition) is 1. The fourth-order valence-electron chi connectivity index (χ4n) is 2.01. The standard InChI is InChI=1S/C13H15NO/c1-7-5-8(2)12-11(6-7)9(3)10(4)13(15)14-12/h5-6H,1-4H3,(H,14,15). The maximum absolute atomic E-state index is 11.6. The lowest BCUT2D eigenvalue weighted by Crippen LogP contribution is -2.12. The molecule has 0 amide bonds. The van der Waals surface area contributed by atoms with Crippen molar-refractivity contribution in [3.05, 3.63) is 44.7 Å². The molecule has 0 spiro atoms. The summed E-state index contributed by atoms with van der Waals surface area (Å²) >= 11 is 0. The minimum Gasteiger partial charge on any atom is -0.321 e. The highest BCUT2D eigenvalue weighted by Crippen LogP contribution is 2.21. The van der Waals surface area contributed by atoms with Crippen LogP contribution in [0.25, 0.3) is 10.9 Å². The van der Waals surface area contributed by atoms with Crippen LogP contribution in [-0.4, -0.2) is 4.98 Å². The average molecular weight is 201 g/mol. The first kappa shape index (κ1) is 9.97. The van der Waals surface area contributed by atoms with Crippen molar-refractivity contribution in [2.24, 2.45) is 0 Å². The summed E-state index contributed by atoms with van der Waals surface area (Å²) in [5, 5.41) is 1.16. The van der Waals surface area contributed by atoms with E-state index in [-0.39, 0.29) is 5.56 Å². The molecule has 2 nitrogen and oxygen atoms in total. The molecule has 1 N–H and O–H groups in total. The molecule has 0 radical (unpaired) electrons. The number of nitrogens with one attached hydrogen (secondary N) is 1. The Bertz CT molecular complexity index is 593. The molecule has 0 aliphatic carbocycles. The lowest BCUT2D eigenvalue weighted by Gasteiger charge is -2.08. The highest BCUT2D eigenvalue weighted by Gasteiger charge is 2.07. The molecule has 0 aliphatic heterocycles. The van der Waals surface area contributed by atoms with E-state index in [1.165, 1.54) is 5.56 Å². The molecule has 0 aliphatic rings. The first-order valence-corrected chi connectivity index (χ1v) is 5.11. The van der Waals surface area contributed by atoms with E-state index in [1.54, 1.807) is 0 Å². The smallest absolute Gasteiger partial charge is 0.251 e. The zero-order valence-electron chi connectivity index (χ0n) is 9.56. The minimum atomic E-state index is 0.0203. The fourth-order valence-corrected chi connectivity index (χ4v) is 2.01. The highest BCUT2D eigenvalue weighted by molar-refractivity contribution is 5.86. The van der Waals surface area contributed by atoms with Gasteiger partial charge in [-0.3, -0.25) is 4.79 Å². The third-order valence-electron chi connectivity index (χ3n) is 3.03. The molecule has 2 rings (SSSR count). The molecule has 1 heterocycles. The zero-order valence-corrected chi connectivity index (χ0v) is 9.56.